The molecule has 0 spiro atoms. The van der Waals surface area contributed by atoms with Gasteiger partial charge in [-0.2, -0.15) is 0 Å². The smallest absolute Gasteiger partial charge is 0.251 e. The Balaban J connectivity index is 2.35. The zero-order valence-corrected chi connectivity index (χ0v) is 11.0. The average Bonchev–Trinajstić information content (AvgIpc) is 2.38. The Labute approximate surface area is 111 Å². The summed E-state index contributed by atoms with van der Waals surface area (Å²) in [6, 6.07) is 8.80. The van der Waals surface area contributed by atoms with Crippen molar-refractivity contribution in [3.63, 3.8) is 0 Å². The molecule has 100 valence electrons. The Morgan fingerprint density at radius 2 is 2.16 bits per heavy atom. The molecular formula is C14H17N3O2. The molecule has 1 atom stereocenters. The number of hydrogen-bond donors (Lipinski definition) is 2. The van der Waals surface area contributed by atoms with E-state index >= 15 is 0 Å². The summed E-state index contributed by atoms with van der Waals surface area (Å²) in [6.45, 7) is 1.80. The number of ether oxygens (including phenoxy) is 1. The van der Waals surface area contributed by atoms with E-state index in [4.69, 9.17) is 10.5 Å². The maximum Gasteiger partial charge on any atom is 0.251 e. The van der Waals surface area contributed by atoms with Crippen LogP contribution in [-0.4, -0.2) is 17.1 Å². The number of para-hydroxylation sites is 1. The minimum absolute atomic E-state index is 0.188. The van der Waals surface area contributed by atoms with E-state index in [9.17, 15) is 4.79 Å². The number of aromatic nitrogens is 2. The SMILES string of the molecule is COc1ccccc1Cc1nc(C(C)N)cc(=O)[nH]1. The number of nitrogens with two attached hydrogens (primary N) is 1. The number of H-pyrrole nitrogens is 1. The molecule has 0 aliphatic carbocycles. The zero-order valence-electron chi connectivity index (χ0n) is 11.0. The van der Waals surface area contributed by atoms with Gasteiger partial charge in [-0.05, 0) is 13.0 Å². The van der Waals surface area contributed by atoms with Crippen molar-refractivity contribution in [1.29, 1.82) is 0 Å². The van der Waals surface area contributed by atoms with E-state index in [0.29, 0.717) is 17.9 Å². The summed E-state index contributed by atoms with van der Waals surface area (Å²) in [4.78, 5) is 18.7. The molecule has 5 nitrogen and oxygen atoms in total. The average molecular weight is 259 g/mol. The highest BCUT2D eigenvalue weighted by atomic mass is 16.5. The molecule has 1 heterocycles. The van der Waals surface area contributed by atoms with Crippen LogP contribution in [0.25, 0.3) is 0 Å². The molecule has 0 bridgehead atoms. The van der Waals surface area contributed by atoms with Gasteiger partial charge < -0.3 is 15.5 Å². The van der Waals surface area contributed by atoms with E-state index in [1.54, 1.807) is 14.0 Å². The van der Waals surface area contributed by atoms with Crippen LogP contribution in [0.3, 0.4) is 0 Å². The molecule has 0 aliphatic heterocycles. The molecule has 0 saturated carbocycles. The summed E-state index contributed by atoms with van der Waals surface area (Å²) in [7, 11) is 1.62. The molecule has 5 heteroatoms. The first kappa shape index (κ1) is 13.3. The number of hydrogen-bond acceptors (Lipinski definition) is 4. The van der Waals surface area contributed by atoms with Crippen LogP contribution < -0.4 is 16.0 Å². The van der Waals surface area contributed by atoms with Gasteiger partial charge in [0.05, 0.1) is 12.8 Å². The molecule has 0 aliphatic rings. The number of aromatic amines is 1. The van der Waals surface area contributed by atoms with E-state index < -0.39 is 0 Å². The van der Waals surface area contributed by atoms with E-state index in [1.807, 2.05) is 24.3 Å². The molecule has 1 aromatic carbocycles. The van der Waals surface area contributed by atoms with Gasteiger partial charge in [0, 0.05) is 24.1 Å². The molecule has 0 radical (unpaired) electrons. The molecule has 1 unspecified atom stereocenters. The Morgan fingerprint density at radius 3 is 2.84 bits per heavy atom. The lowest BCUT2D eigenvalue weighted by molar-refractivity contribution is 0.410. The first-order valence-corrected chi connectivity index (χ1v) is 6.07. The number of nitrogens with zero attached hydrogens (tertiary/aromatic N) is 1. The van der Waals surface area contributed by atoms with Gasteiger partial charge in [0.15, 0.2) is 0 Å². The number of methoxy groups -OCH3 is 1. The summed E-state index contributed by atoms with van der Waals surface area (Å²) in [5.74, 6) is 1.36. The Bertz CT molecular complexity index is 620. The quantitative estimate of drug-likeness (QED) is 0.869. The standard InChI is InChI=1S/C14H17N3O2/c1-9(15)11-8-14(18)17-13(16-11)7-10-5-3-4-6-12(10)19-2/h3-6,8-9H,7,15H2,1-2H3,(H,16,17,18). The maximum atomic E-state index is 11.6. The predicted octanol–water partition coefficient (Wildman–Crippen LogP) is 1.39. The lowest BCUT2D eigenvalue weighted by atomic mass is 10.1. The predicted molar refractivity (Wildman–Crippen MR) is 73.3 cm³/mol. The van der Waals surface area contributed by atoms with E-state index in [0.717, 1.165) is 11.3 Å². The van der Waals surface area contributed by atoms with Crippen LogP contribution in [0.1, 0.15) is 30.0 Å². The Kier molecular flexibility index (Phi) is 3.97. The first-order valence-electron chi connectivity index (χ1n) is 6.07. The van der Waals surface area contributed by atoms with Crippen molar-refractivity contribution >= 4 is 0 Å². The van der Waals surface area contributed by atoms with Gasteiger partial charge in [0.1, 0.15) is 11.6 Å². The lowest BCUT2D eigenvalue weighted by Gasteiger charge is -2.09. The highest BCUT2D eigenvalue weighted by Gasteiger charge is 2.08. The van der Waals surface area contributed by atoms with Crippen molar-refractivity contribution in [2.24, 2.45) is 5.73 Å². The van der Waals surface area contributed by atoms with Crippen LogP contribution in [-0.2, 0) is 6.42 Å². The second kappa shape index (κ2) is 5.67. The van der Waals surface area contributed by atoms with Gasteiger partial charge in [-0.25, -0.2) is 4.98 Å². The van der Waals surface area contributed by atoms with Crippen LogP contribution in [0.5, 0.6) is 5.75 Å². The minimum atomic E-state index is -0.265. The molecule has 1 aromatic heterocycles. The molecule has 2 aromatic rings. The van der Waals surface area contributed by atoms with Gasteiger partial charge in [0.2, 0.25) is 0 Å². The van der Waals surface area contributed by atoms with Crippen molar-refractivity contribution in [3.8, 4) is 5.75 Å². The molecule has 19 heavy (non-hydrogen) atoms. The molecular weight excluding hydrogens is 242 g/mol. The van der Waals surface area contributed by atoms with Gasteiger partial charge in [-0.15, -0.1) is 0 Å². The molecule has 0 amide bonds. The van der Waals surface area contributed by atoms with Crippen LogP contribution in [0, 0.1) is 0 Å². The maximum absolute atomic E-state index is 11.6. The summed E-state index contributed by atoms with van der Waals surface area (Å²) in [5.41, 5.74) is 7.13. The third kappa shape index (κ3) is 3.20. The second-order valence-electron chi connectivity index (χ2n) is 4.39. The monoisotopic (exact) mass is 259 g/mol. The van der Waals surface area contributed by atoms with E-state index in [2.05, 4.69) is 9.97 Å². The Morgan fingerprint density at radius 1 is 1.42 bits per heavy atom. The number of nitrogens with one attached hydrogen (secondary N) is 1. The van der Waals surface area contributed by atoms with Crippen LogP contribution in [0.15, 0.2) is 35.1 Å². The van der Waals surface area contributed by atoms with Crippen LogP contribution in [0.4, 0.5) is 0 Å². The minimum Gasteiger partial charge on any atom is -0.496 e. The fourth-order valence-electron chi connectivity index (χ4n) is 1.88. The van der Waals surface area contributed by atoms with Gasteiger partial charge in [-0.3, -0.25) is 4.79 Å². The summed E-state index contributed by atoms with van der Waals surface area (Å²) in [6.07, 6.45) is 0.500. The van der Waals surface area contributed by atoms with E-state index in [1.165, 1.54) is 6.07 Å². The fraction of sp³-hybridized carbons (Fsp3) is 0.286. The van der Waals surface area contributed by atoms with Crippen molar-refractivity contribution in [2.75, 3.05) is 7.11 Å². The lowest BCUT2D eigenvalue weighted by Crippen LogP contribution is -2.17. The van der Waals surface area contributed by atoms with Gasteiger partial charge in [0.25, 0.3) is 5.56 Å². The number of rotatable bonds is 4. The summed E-state index contributed by atoms with van der Waals surface area (Å²) >= 11 is 0. The summed E-state index contributed by atoms with van der Waals surface area (Å²) < 4.78 is 5.28. The molecule has 2 rings (SSSR count). The first-order chi connectivity index (χ1) is 9.10. The van der Waals surface area contributed by atoms with Crippen molar-refractivity contribution < 1.29 is 4.74 Å². The van der Waals surface area contributed by atoms with Crippen LogP contribution >= 0.6 is 0 Å². The largest absolute Gasteiger partial charge is 0.496 e. The van der Waals surface area contributed by atoms with Gasteiger partial charge >= 0.3 is 0 Å². The summed E-state index contributed by atoms with van der Waals surface area (Å²) in [5, 5.41) is 0. The second-order valence-corrected chi connectivity index (χ2v) is 4.39. The van der Waals surface area contributed by atoms with Crippen LogP contribution in [0.2, 0.25) is 0 Å². The molecule has 0 fully saturated rings. The highest BCUT2D eigenvalue weighted by molar-refractivity contribution is 5.35. The van der Waals surface area contributed by atoms with Crippen molar-refractivity contribution in [2.45, 2.75) is 19.4 Å². The molecule has 3 N–H and O–H groups in total. The number of benzene rings is 1. The third-order valence-corrected chi connectivity index (χ3v) is 2.83. The fourth-order valence-corrected chi connectivity index (χ4v) is 1.88. The van der Waals surface area contributed by atoms with Crippen molar-refractivity contribution in [3.05, 3.63) is 57.8 Å². The Hall–Kier alpha value is -2.14. The van der Waals surface area contributed by atoms with Crippen molar-refractivity contribution in [1.82, 2.24) is 9.97 Å². The molecule has 0 saturated heterocycles. The normalized spacial score (nSPS) is 12.2. The zero-order chi connectivity index (χ0) is 13.8. The van der Waals surface area contributed by atoms with E-state index in [-0.39, 0.29) is 11.6 Å². The topological polar surface area (TPSA) is 81.0 Å². The van der Waals surface area contributed by atoms with Gasteiger partial charge in [-0.1, -0.05) is 18.2 Å². The highest BCUT2D eigenvalue weighted by Crippen LogP contribution is 2.19. The third-order valence-electron chi connectivity index (χ3n) is 2.83.